The van der Waals surface area contributed by atoms with Gasteiger partial charge in [0.05, 0.1) is 25.5 Å². The summed E-state index contributed by atoms with van der Waals surface area (Å²) in [5.74, 6) is 3.67. The van der Waals surface area contributed by atoms with Crippen molar-refractivity contribution in [2.45, 2.75) is 17.8 Å². The molecule has 0 saturated carbocycles. The van der Waals surface area contributed by atoms with Gasteiger partial charge < -0.3 is 18.6 Å². The van der Waals surface area contributed by atoms with E-state index >= 15 is 0 Å². The fourth-order valence-corrected chi connectivity index (χ4v) is 2.84. The SMILES string of the molecule is COc1ccc(-c2noc(CSc3nnc(C)n3C)n2)c(OC)c1. The van der Waals surface area contributed by atoms with Crippen molar-refractivity contribution >= 4 is 11.8 Å². The molecule has 0 N–H and O–H groups in total. The second kappa shape index (κ2) is 6.91. The fourth-order valence-electron chi connectivity index (χ4n) is 2.05. The van der Waals surface area contributed by atoms with E-state index < -0.39 is 0 Å². The van der Waals surface area contributed by atoms with Crippen LogP contribution in [-0.4, -0.2) is 39.1 Å². The average molecular weight is 347 g/mol. The van der Waals surface area contributed by atoms with Crippen LogP contribution in [0.25, 0.3) is 11.4 Å². The van der Waals surface area contributed by atoms with E-state index in [-0.39, 0.29) is 0 Å². The van der Waals surface area contributed by atoms with Crippen LogP contribution in [0.2, 0.25) is 0 Å². The van der Waals surface area contributed by atoms with Gasteiger partial charge in [-0.1, -0.05) is 16.9 Å². The Hall–Kier alpha value is -2.55. The Morgan fingerprint density at radius 3 is 2.71 bits per heavy atom. The van der Waals surface area contributed by atoms with Gasteiger partial charge in [0, 0.05) is 13.1 Å². The highest BCUT2D eigenvalue weighted by atomic mass is 32.2. The summed E-state index contributed by atoms with van der Waals surface area (Å²) in [6.45, 7) is 1.90. The van der Waals surface area contributed by atoms with Crippen molar-refractivity contribution in [3.8, 4) is 22.9 Å². The summed E-state index contributed by atoms with van der Waals surface area (Å²) < 4.78 is 17.8. The normalized spacial score (nSPS) is 10.8. The third-order valence-electron chi connectivity index (χ3n) is 3.50. The lowest BCUT2D eigenvalue weighted by Crippen LogP contribution is -1.94. The molecule has 0 spiro atoms. The maximum absolute atomic E-state index is 5.37. The van der Waals surface area contributed by atoms with Crippen LogP contribution in [0.15, 0.2) is 27.9 Å². The Morgan fingerprint density at radius 2 is 2.04 bits per heavy atom. The number of aromatic nitrogens is 5. The minimum absolute atomic E-state index is 0.472. The van der Waals surface area contributed by atoms with Crippen molar-refractivity contribution in [2.24, 2.45) is 7.05 Å². The van der Waals surface area contributed by atoms with Crippen LogP contribution >= 0.6 is 11.8 Å². The second-order valence-electron chi connectivity index (χ2n) is 4.96. The molecule has 0 aliphatic rings. The maximum Gasteiger partial charge on any atom is 0.237 e. The van der Waals surface area contributed by atoms with Crippen LogP contribution in [0.1, 0.15) is 11.7 Å². The highest BCUT2D eigenvalue weighted by Gasteiger charge is 2.15. The third kappa shape index (κ3) is 3.21. The molecular weight excluding hydrogens is 330 g/mol. The fraction of sp³-hybridized carbons (Fsp3) is 0.333. The Bertz CT molecular complexity index is 846. The van der Waals surface area contributed by atoms with Gasteiger partial charge in [0.2, 0.25) is 11.7 Å². The maximum atomic E-state index is 5.37. The van der Waals surface area contributed by atoms with Gasteiger partial charge in [-0.15, -0.1) is 10.2 Å². The summed E-state index contributed by atoms with van der Waals surface area (Å²) in [5.41, 5.74) is 0.743. The first-order chi connectivity index (χ1) is 11.6. The molecule has 0 bridgehead atoms. The molecule has 0 radical (unpaired) electrons. The first-order valence-corrected chi connectivity index (χ1v) is 8.14. The van der Waals surface area contributed by atoms with E-state index in [1.54, 1.807) is 20.3 Å². The lowest BCUT2D eigenvalue weighted by atomic mass is 10.2. The molecule has 0 unspecified atom stereocenters. The second-order valence-corrected chi connectivity index (χ2v) is 5.90. The zero-order valence-corrected chi connectivity index (χ0v) is 14.6. The predicted molar refractivity (Wildman–Crippen MR) is 88.1 cm³/mol. The monoisotopic (exact) mass is 347 g/mol. The Labute approximate surface area is 143 Å². The lowest BCUT2D eigenvalue weighted by Gasteiger charge is -2.07. The molecule has 0 fully saturated rings. The van der Waals surface area contributed by atoms with Crippen LogP contribution in [0.5, 0.6) is 11.5 Å². The number of hydrogen-bond acceptors (Lipinski definition) is 8. The summed E-state index contributed by atoms with van der Waals surface area (Å²) >= 11 is 1.49. The largest absolute Gasteiger partial charge is 0.497 e. The molecule has 0 amide bonds. The van der Waals surface area contributed by atoms with Gasteiger partial charge >= 0.3 is 0 Å². The van der Waals surface area contributed by atoms with E-state index in [1.165, 1.54) is 11.8 Å². The number of benzene rings is 1. The summed E-state index contributed by atoms with van der Waals surface area (Å²) in [5, 5.41) is 12.9. The molecule has 3 rings (SSSR count). The van der Waals surface area contributed by atoms with Crippen LogP contribution in [0, 0.1) is 6.92 Å². The van der Waals surface area contributed by atoms with E-state index in [0.717, 1.165) is 16.5 Å². The minimum atomic E-state index is 0.472. The van der Waals surface area contributed by atoms with Crippen LogP contribution in [0.4, 0.5) is 0 Å². The molecular formula is C15H17N5O3S. The van der Waals surface area contributed by atoms with E-state index in [0.29, 0.717) is 29.0 Å². The highest BCUT2D eigenvalue weighted by molar-refractivity contribution is 7.98. The summed E-state index contributed by atoms with van der Waals surface area (Å²) in [4.78, 5) is 4.42. The Morgan fingerprint density at radius 1 is 1.21 bits per heavy atom. The lowest BCUT2D eigenvalue weighted by molar-refractivity contribution is 0.388. The number of hydrogen-bond donors (Lipinski definition) is 0. The van der Waals surface area contributed by atoms with Crippen LogP contribution < -0.4 is 9.47 Å². The quantitative estimate of drug-likeness (QED) is 0.628. The molecule has 24 heavy (non-hydrogen) atoms. The van der Waals surface area contributed by atoms with Gasteiger partial charge in [-0.2, -0.15) is 4.98 Å². The predicted octanol–water partition coefficient (Wildman–Crippen LogP) is 2.48. The first-order valence-electron chi connectivity index (χ1n) is 7.16. The third-order valence-corrected chi connectivity index (χ3v) is 4.50. The van der Waals surface area contributed by atoms with E-state index in [9.17, 15) is 0 Å². The molecule has 0 saturated heterocycles. The van der Waals surface area contributed by atoms with E-state index in [2.05, 4.69) is 20.3 Å². The van der Waals surface area contributed by atoms with Crippen molar-refractivity contribution in [1.29, 1.82) is 0 Å². The van der Waals surface area contributed by atoms with Crippen LogP contribution in [-0.2, 0) is 12.8 Å². The zero-order chi connectivity index (χ0) is 17.1. The average Bonchev–Trinajstić information content (AvgIpc) is 3.20. The number of rotatable bonds is 6. The van der Waals surface area contributed by atoms with Gasteiger partial charge in [0.25, 0.3) is 0 Å². The molecule has 0 aliphatic carbocycles. The highest BCUT2D eigenvalue weighted by Crippen LogP contribution is 2.32. The summed E-state index contributed by atoms with van der Waals surface area (Å²) in [6.07, 6.45) is 0. The molecule has 3 aromatic rings. The molecule has 2 heterocycles. The van der Waals surface area contributed by atoms with Crippen molar-refractivity contribution in [3.63, 3.8) is 0 Å². The van der Waals surface area contributed by atoms with E-state index in [1.807, 2.05) is 30.7 Å². The number of thioether (sulfide) groups is 1. The summed E-state index contributed by atoms with van der Waals surface area (Å²) in [7, 11) is 5.11. The van der Waals surface area contributed by atoms with Crippen molar-refractivity contribution in [1.82, 2.24) is 24.9 Å². The Kier molecular flexibility index (Phi) is 4.70. The van der Waals surface area contributed by atoms with Gasteiger partial charge in [-0.05, 0) is 19.1 Å². The Balaban J connectivity index is 1.77. The molecule has 0 aliphatic heterocycles. The zero-order valence-electron chi connectivity index (χ0n) is 13.8. The number of ether oxygens (including phenoxy) is 2. The summed E-state index contributed by atoms with van der Waals surface area (Å²) in [6, 6.07) is 5.44. The van der Waals surface area contributed by atoms with Crippen molar-refractivity contribution in [3.05, 3.63) is 29.9 Å². The molecule has 0 atom stereocenters. The number of aryl methyl sites for hydroxylation is 1. The molecule has 9 heteroatoms. The van der Waals surface area contributed by atoms with Crippen molar-refractivity contribution < 1.29 is 14.0 Å². The molecule has 8 nitrogen and oxygen atoms in total. The van der Waals surface area contributed by atoms with Crippen LogP contribution in [0.3, 0.4) is 0 Å². The van der Waals surface area contributed by atoms with Crippen molar-refractivity contribution in [2.75, 3.05) is 14.2 Å². The molecule has 1 aromatic carbocycles. The van der Waals surface area contributed by atoms with Gasteiger partial charge in [0.1, 0.15) is 17.3 Å². The van der Waals surface area contributed by atoms with E-state index in [4.69, 9.17) is 14.0 Å². The smallest absolute Gasteiger partial charge is 0.237 e. The van der Waals surface area contributed by atoms with Gasteiger partial charge in [-0.3, -0.25) is 0 Å². The van der Waals surface area contributed by atoms with Gasteiger partial charge in [0.15, 0.2) is 5.16 Å². The number of methoxy groups -OCH3 is 2. The standard InChI is InChI=1S/C15H17N5O3S/c1-9-17-18-15(20(9)2)24-8-13-16-14(19-23-13)11-6-5-10(21-3)7-12(11)22-4/h5-7H,8H2,1-4H3. The molecule has 2 aromatic heterocycles. The number of nitrogens with zero attached hydrogens (tertiary/aromatic N) is 5. The first kappa shape index (κ1) is 16.3. The molecule has 126 valence electrons. The minimum Gasteiger partial charge on any atom is -0.497 e. The topological polar surface area (TPSA) is 88.1 Å². The van der Waals surface area contributed by atoms with Gasteiger partial charge in [-0.25, -0.2) is 0 Å².